The van der Waals surface area contributed by atoms with Crippen molar-refractivity contribution in [2.45, 2.75) is 17.9 Å². The Labute approximate surface area is 160 Å². The predicted octanol–water partition coefficient (Wildman–Crippen LogP) is 5.13. The van der Waals surface area contributed by atoms with Gasteiger partial charge in [-0.05, 0) is 41.3 Å². The maximum Gasteiger partial charge on any atom is 0.206 e. The van der Waals surface area contributed by atoms with Gasteiger partial charge in [0.05, 0.1) is 17.1 Å². The number of halogens is 2. The number of hydrogen-bond donors (Lipinski definition) is 2. The molecule has 0 aliphatic carbocycles. The van der Waals surface area contributed by atoms with Crippen molar-refractivity contribution in [1.82, 2.24) is 4.72 Å². The summed E-state index contributed by atoms with van der Waals surface area (Å²) in [7, 11) is 0. The van der Waals surface area contributed by atoms with E-state index < -0.39 is 0 Å². The summed E-state index contributed by atoms with van der Waals surface area (Å²) in [5.41, 5.74) is 3.05. The largest absolute Gasteiger partial charge is 0.324 e. The number of nitrogens with one attached hydrogen (secondary N) is 2. The highest BCUT2D eigenvalue weighted by Crippen LogP contribution is 2.33. The Morgan fingerprint density at radius 1 is 0.778 bits per heavy atom. The molecule has 1 aliphatic rings. The molecule has 1 aliphatic heterocycles. The summed E-state index contributed by atoms with van der Waals surface area (Å²) in [4.78, 5) is 5.45. The van der Waals surface area contributed by atoms with Gasteiger partial charge >= 0.3 is 0 Å². The normalized spacial score (nSPS) is 14.4. The number of guanidine groups is 1. The highest BCUT2D eigenvalue weighted by Gasteiger charge is 2.18. The van der Waals surface area contributed by atoms with Crippen LogP contribution in [-0.2, 0) is 13.0 Å². The molecule has 27 heavy (non-hydrogen) atoms. The van der Waals surface area contributed by atoms with E-state index in [-0.39, 0.29) is 18.2 Å². The predicted molar refractivity (Wildman–Crippen MR) is 106 cm³/mol. The van der Waals surface area contributed by atoms with E-state index in [1.165, 1.54) is 24.1 Å². The van der Waals surface area contributed by atoms with E-state index in [0.29, 0.717) is 23.5 Å². The third-order valence-corrected chi connectivity index (χ3v) is 5.17. The lowest BCUT2D eigenvalue weighted by Crippen LogP contribution is -2.30. The zero-order valence-electron chi connectivity index (χ0n) is 14.4. The molecule has 3 nitrogen and oxygen atoms in total. The number of fused-ring (bicyclic) bond motifs is 1. The third-order valence-electron chi connectivity index (χ3n) is 4.32. The molecule has 0 atom stereocenters. The second-order valence-electron chi connectivity index (χ2n) is 6.14. The smallest absolute Gasteiger partial charge is 0.206 e. The lowest BCUT2D eigenvalue weighted by molar-refractivity contribution is 0.611. The van der Waals surface area contributed by atoms with Gasteiger partial charge in [0.2, 0.25) is 5.96 Å². The maximum absolute atomic E-state index is 14.0. The van der Waals surface area contributed by atoms with Crippen molar-refractivity contribution < 1.29 is 8.78 Å². The Bertz CT molecular complexity index is 1000. The minimum Gasteiger partial charge on any atom is -0.324 e. The molecular weight excluding hydrogens is 364 g/mol. The molecule has 0 amide bonds. The summed E-state index contributed by atoms with van der Waals surface area (Å²) in [6, 6.07) is 19.3. The van der Waals surface area contributed by atoms with Gasteiger partial charge in [-0.25, -0.2) is 13.8 Å². The maximum atomic E-state index is 14.0. The molecule has 0 saturated carbocycles. The minimum atomic E-state index is -0.272. The van der Waals surface area contributed by atoms with E-state index in [9.17, 15) is 8.78 Å². The van der Waals surface area contributed by atoms with Crippen LogP contribution in [0.1, 0.15) is 16.7 Å². The molecule has 6 heteroatoms. The zero-order chi connectivity index (χ0) is 18.6. The third kappa shape index (κ3) is 3.95. The number of benzene rings is 3. The monoisotopic (exact) mass is 381 g/mol. The summed E-state index contributed by atoms with van der Waals surface area (Å²) in [5.74, 6) is 0.0628. The summed E-state index contributed by atoms with van der Waals surface area (Å²) >= 11 is 1.43. The lowest BCUT2D eigenvalue weighted by Gasteiger charge is -2.23. The molecule has 1 heterocycles. The van der Waals surface area contributed by atoms with E-state index in [1.807, 2.05) is 24.3 Å². The number of rotatable bonds is 4. The second kappa shape index (κ2) is 7.80. The number of aliphatic imine (C=N–C) groups is 1. The molecule has 0 bridgehead atoms. The van der Waals surface area contributed by atoms with Gasteiger partial charge < -0.3 is 5.32 Å². The van der Waals surface area contributed by atoms with E-state index in [2.05, 4.69) is 15.0 Å². The molecule has 136 valence electrons. The van der Waals surface area contributed by atoms with Crippen molar-refractivity contribution in [3.63, 3.8) is 0 Å². The van der Waals surface area contributed by atoms with Crippen molar-refractivity contribution in [2.24, 2.45) is 4.99 Å². The Kier molecular flexibility index (Phi) is 5.07. The topological polar surface area (TPSA) is 36.4 Å². The molecule has 4 rings (SSSR count). The number of hydrogen-bond acceptors (Lipinski definition) is 2. The minimum absolute atomic E-state index is 0.217. The van der Waals surface area contributed by atoms with Gasteiger partial charge in [0.15, 0.2) is 0 Å². The fraction of sp³-hybridized carbons (Fsp3) is 0.0952. The Morgan fingerprint density at radius 3 is 2.19 bits per heavy atom. The summed E-state index contributed by atoms with van der Waals surface area (Å²) in [6.07, 6.45) is 0.476. The summed E-state index contributed by atoms with van der Waals surface area (Å²) < 4.78 is 30.9. The lowest BCUT2D eigenvalue weighted by atomic mass is 10.0. The first-order chi connectivity index (χ1) is 13.2. The molecule has 3 aromatic carbocycles. The van der Waals surface area contributed by atoms with Crippen molar-refractivity contribution in [3.8, 4) is 0 Å². The van der Waals surface area contributed by atoms with Gasteiger partial charge in [-0.3, -0.25) is 4.72 Å². The van der Waals surface area contributed by atoms with Crippen LogP contribution in [0.5, 0.6) is 0 Å². The molecule has 0 radical (unpaired) electrons. The average Bonchev–Trinajstić information content (AvgIpc) is 2.69. The molecule has 3 aromatic rings. The van der Waals surface area contributed by atoms with Crippen LogP contribution in [0.15, 0.2) is 76.6 Å². The number of nitrogens with zero attached hydrogens (tertiary/aromatic N) is 1. The number of para-hydroxylation sites is 1. The fourth-order valence-electron chi connectivity index (χ4n) is 2.91. The Hall–Kier alpha value is -2.86. The van der Waals surface area contributed by atoms with Crippen LogP contribution >= 0.6 is 11.9 Å². The summed E-state index contributed by atoms with van der Waals surface area (Å²) in [5, 5.41) is 3.27. The van der Waals surface area contributed by atoms with Gasteiger partial charge in [-0.2, -0.15) is 0 Å². The van der Waals surface area contributed by atoms with Gasteiger partial charge in [0, 0.05) is 12.0 Å². The zero-order valence-corrected chi connectivity index (χ0v) is 15.2. The molecule has 0 aromatic heterocycles. The highest BCUT2D eigenvalue weighted by molar-refractivity contribution is 7.98. The van der Waals surface area contributed by atoms with Crippen molar-refractivity contribution >= 4 is 23.6 Å². The van der Waals surface area contributed by atoms with Gasteiger partial charge in [-0.15, -0.1) is 0 Å². The van der Waals surface area contributed by atoms with Crippen LogP contribution in [0.25, 0.3) is 0 Å². The van der Waals surface area contributed by atoms with Crippen LogP contribution in [-0.4, -0.2) is 5.96 Å². The van der Waals surface area contributed by atoms with Crippen LogP contribution in [0.3, 0.4) is 0 Å². The van der Waals surface area contributed by atoms with Gasteiger partial charge in [0.25, 0.3) is 0 Å². The van der Waals surface area contributed by atoms with E-state index >= 15 is 0 Å². The van der Waals surface area contributed by atoms with Crippen molar-refractivity contribution in [3.05, 3.63) is 95.1 Å². The van der Waals surface area contributed by atoms with Crippen molar-refractivity contribution in [1.29, 1.82) is 0 Å². The second-order valence-corrected chi connectivity index (χ2v) is 6.99. The SMILES string of the molecule is Fc1ccccc1CN=C1NSc2cccc(Cc3ccccc3F)c2N1. The Morgan fingerprint density at radius 2 is 1.44 bits per heavy atom. The van der Waals surface area contributed by atoms with Crippen LogP contribution in [0, 0.1) is 11.6 Å². The van der Waals surface area contributed by atoms with Crippen molar-refractivity contribution in [2.75, 3.05) is 5.32 Å². The summed E-state index contributed by atoms with van der Waals surface area (Å²) in [6.45, 7) is 0.230. The number of anilines is 1. The average molecular weight is 381 g/mol. The molecular formula is C21H17F2N3S. The molecule has 0 unspecified atom stereocenters. The standard InChI is InChI=1S/C21H17F2N3S/c22-17-9-3-1-6-14(17)12-15-8-5-11-19-20(15)25-21(26-27-19)24-13-16-7-2-4-10-18(16)23/h1-11H,12-13H2,(H2,24,25,26). The first-order valence-electron chi connectivity index (χ1n) is 8.54. The molecule has 0 fully saturated rings. The Balaban J connectivity index is 1.57. The van der Waals surface area contributed by atoms with Crippen LogP contribution < -0.4 is 10.0 Å². The fourth-order valence-corrected chi connectivity index (χ4v) is 3.66. The molecule has 2 N–H and O–H groups in total. The first kappa shape index (κ1) is 17.5. The first-order valence-corrected chi connectivity index (χ1v) is 9.35. The highest BCUT2D eigenvalue weighted by atomic mass is 32.2. The van der Waals surface area contributed by atoms with E-state index in [4.69, 9.17) is 0 Å². The van der Waals surface area contributed by atoms with Gasteiger partial charge in [-0.1, -0.05) is 48.5 Å². The van der Waals surface area contributed by atoms with Crippen LogP contribution in [0.4, 0.5) is 14.5 Å². The van der Waals surface area contributed by atoms with Gasteiger partial charge in [0.1, 0.15) is 11.6 Å². The molecule has 0 spiro atoms. The van der Waals surface area contributed by atoms with Crippen LogP contribution in [0.2, 0.25) is 0 Å². The van der Waals surface area contributed by atoms with E-state index in [1.54, 1.807) is 30.3 Å². The quantitative estimate of drug-likeness (QED) is 0.615. The molecule has 0 saturated heterocycles. The van der Waals surface area contributed by atoms with E-state index in [0.717, 1.165) is 16.1 Å².